The van der Waals surface area contributed by atoms with Gasteiger partial charge >= 0.3 is 12.2 Å². The lowest BCUT2D eigenvalue weighted by Gasteiger charge is -2.25. The van der Waals surface area contributed by atoms with Crippen molar-refractivity contribution in [3.63, 3.8) is 0 Å². The first-order chi connectivity index (χ1) is 14.9. The van der Waals surface area contributed by atoms with Crippen LogP contribution in [-0.2, 0) is 17.5 Å². The normalized spacial score (nSPS) is 21.0. The van der Waals surface area contributed by atoms with Gasteiger partial charge in [-0.05, 0) is 43.0 Å². The van der Waals surface area contributed by atoms with Crippen molar-refractivity contribution < 1.29 is 22.7 Å². The quantitative estimate of drug-likeness (QED) is 0.716. The average Bonchev–Trinajstić information content (AvgIpc) is 3.42. The van der Waals surface area contributed by atoms with Crippen LogP contribution in [0.5, 0.6) is 0 Å². The summed E-state index contributed by atoms with van der Waals surface area (Å²) in [5, 5.41) is 3.02. The standard InChI is InChI=1S/C23H24F3N3O2/c24-23(25,26)18-8-4-9-19(14-18)28-12-13-29(16-28)22(30)27-20-10-5-11-21(20)31-15-17-6-2-1-3-7-17/h1-4,6-9,12-14,20-21H,5,10-11,15-16H2,(H,27,30)/t20-,21-/m0/s1. The van der Waals surface area contributed by atoms with Crippen molar-refractivity contribution in [2.75, 3.05) is 11.6 Å². The highest BCUT2D eigenvalue weighted by Crippen LogP contribution is 2.32. The smallest absolute Gasteiger partial charge is 0.371 e. The molecule has 1 saturated carbocycles. The number of amides is 2. The van der Waals surface area contributed by atoms with Gasteiger partial charge in [0.25, 0.3) is 0 Å². The molecule has 8 heteroatoms. The molecule has 0 aromatic heterocycles. The predicted molar refractivity (Wildman–Crippen MR) is 111 cm³/mol. The van der Waals surface area contributed by atoms with E-state index >= 15 is 0 Å². The van der Waals surface area contributed by atoms with Crippen LogP contribution in [0.25, 0.3) is 0 Å². The zero-order valence-electron chi connectivity index (χ0n) is 16.9. The number of benzene rings is 2. The van der Waals surface area contributed by atoms with E-state index in [1.54, 1.807) is 23.4 Å². The van der Waals surface area contributed by atoms with Crippen LogP contribution in [0.15, 0.2) is 67.0 Å². The van der Waals surface area contributed by atoms with E-state index in [0.717, 1.165) is 37.0 Å². The van der Waals surface area contributed by atoms with Gasteiger partial charge in [-0.25, -0.2) is 4.79 Å². The minimum atomic E-state index is -4.41. The van der Waals surface area contributed by atoms with E-state index in [0.29, 0.717) is 12.3 Å². The molecule has 2 aromatic carbocycles. The van der Waals surface area contributed by atoms with Gasteiger partial charge < -0.3 is 15.0 Å². The Kier molecular flexibility index (Phi) is 6.18. The summed E-state index contributed by atoms with van der Waals surface area (Å²) < 4.78 is 44.9. The number of carbonyl (C=O) groups excluding carboxylic acids is 1. The molecule has 0 unspecified atom stereocenters. The molecule has 0 saturated heterocycles. The topological polar surface area (TPSA) is 44.8 Å². The SMILES string of the molecule is O=C(N[C@H]1CCC[C@@H]1OCc1ccccc1)N1C=CN(c2cccc(C(F)(F)F)c2)C1. The van der Waals surface area contributed by atoms with Crippen molar-refractivity contribution in [3.05, 3.63) is 78.1 Å². The molecule has 1 aliphatic carbocycles. The largest absolute Gasteiger partial charge is 0.416 e. The molecule has 5 nitrogen and oxygen atoms in total. The summed E-state index contributed by atoms with van der Waals surface area (Å²) in [5.74, 6) is 0. The van der Waals surface area contributed by atoms with Gasteiger partial charge in [-0.1, -0.05) is 36.4 Å². The van der Waals surface area contributed by atoms with Gasteiger partial charge in [0, 0.05) is 18.1 Å². The van der Waals surface area contributed by atoms with Crippen LogP contribution in [0.4, 0.5) is 23.7 Å². The second kappa shape index (κ2) is 9.01. The highest BCUT2D eigenvalue weighted by Gasteiger charge is 2.33. The highest BCUT2D eigenvalue weighted by atomic mass is 19.4. The van der Waals surface area contributed by atoms with Gasteiger partial charge in [0.15, 0.2) is 0 Å². The van der Waals surface area contributed by atoms with Gasteiger partial charge in [-0.2, -0.15) is 13.2 Å². The van der Waals surface area contributed by atoms with Crippen molar-refractivity contribution in [1.29, 1.82) is 0 Å². The third-order valence-electron chi connectivity index (χ3n) is 5.57. The monoisotopic (exact) mass is 431 g/mol. The predicted octanol–water partition coefficient (Wildman–Crippen LogP) is 5.10. The van der Waals surface area contributed by atoms with E-state index in [1.807, 2.05) is 30.3 Å². The fourth-order valence-electron chi connectivity index (χ4n) is 3.89. The average molecular weight is 431 g/mol. The summed E-state index contributed by atoms with van der Waals surface area (Å²) in [4.78, 5) is 15.8. The first kappa shape index (κ1) is 21.2. The summed E-state index contributed by atoms with van der Waals surface area (Å²) in [7, 11) is 0. The number of hydrogen-bond donors (Lipinski definition) is 1. The third kappa shape index (κ3) is 5.19. The number of halogens is 3. The van der Waals surface area contributed by atoms with Gasteiger partial charge in [-0.3, -0.25) is 4.90 Å². The molecule has 2 aliphatic rings. The van der Waals surface area contributed by atoms with Crippen molar-refractivity contribution in [3.8, 4) is 0 Å². The molecule has 0 bridgehead atoms. The zero-order valence-corrected chi connectivity index (χ0v) is 16.9. The molecule has 164 valence electrons. The van der Waals surface area contributed by atoms with E-state index in [4.69, 9.17) is 4.74 Å². The Morgan fingerprint density at radius 2 is 1.87 bits per heavy atom. The van der Waals surface area contributed by atoms with Gasteiger partial charge in [0.05, 0.1) is 24.3 Å². The first-order valence-corrected chi connectivity index (χ1v) is 10.2. The van der Waals surface area contributed by atoms with Crippen LogP contribution in [0.1, 0.15) is 30.4 Å². The number of carbonyl (C=O) groups is 1. The molecule has 2 atom stereocenters. The minimum absolute atomic E-state index is 0.0599. The molecule has 0 spiro atoms. The van der Waals surface area contributed by atoms with E-state index in [2.05, 4.69) is 5.32 Å². The number of ether oxygens (including phenoxy) is 1. The highest BCUT2D eigenvalue weighted by molar-refractivity contribution is 5.77. The van der Waals surface area contributed by atoms with E-state index < -0.39 is 11.7 Å². The van der Waals surface area contributed by atoms with Gasteiger partial charge in [-0.15, -0.1) is 0 Å². The molecule has 4 rings (SSSR count). The Labute approximate surface area is 179 Å². The lowest BCUT2D eigenvalue weighted by Crippen LogP contribution is -2.47. The molecule has 31 heavy (non-hydrogen) atoms. The first-order valence-electron chi connectivity index (χ1n) is 10.2. The van der Waals surface area contributed by atoms with Crippen LogP contribution < -0.4 is 10.2 Å². The molecular weight excluding hydrogens is 407 g/mol. The van der Waals surface area contributed by atoms with E-state index in [-0.39, 0.29) is 24.8 Å². The van der Waals surface area contributed by atoms with Crippen LogP contribution in [0.2, 0.25) is 0 Å². The number of hydrogen-bond acceptors (Lipinski definition) is 3. The van der Waals surface area contributed by atoms with Crippen LogP contribution >= 0.6 is 0 Å². The molecule has 1 heterocycles. The molecule has 2 aromatic rings. The Morgan fingerprint density at radius 1 is 1.06 bits per heavy atom. The molecule has 1 aliphatic heterocycles. The molecule has 1 fully saturated rings. The Hall–Kier alpha value is -3.00. The third-order valence-corrected chi connectivity index (χ3v) is 5.57. The molecule has 2 amide bonds. The number of anilines is 1. The summed E-state index contributed by atoms with van der Waals surface area (Å²) >= 11 is 0. The summed E-state index contributed by atoms with van der Waals surface area (Å²) in [6, 6.07) is 14.6. The number of nitrogens with one attached hydrogen (secondary N) is 1. The maximum Gasteiger partial charge on any atom is 0.416 e. The van der Waals surface area contributed by atoms with E-state index in [1.165, 1.54) is 11.0 Å². The summed E-state index contributed by atoms with van der Waals surface area (Å²) in [5.41, 5.74) is 0.746. The molecule has 1 N–H and O–H groups in total. The summed E-state index contributed by atoms with van der Waals surface area (Å²) in [6.45, 7) is 0.639. The van der Waals surface area contributed by atoms with Crippen molar-refractivity contribution >= 4 is 11.7 Å². The molecular formula is C23H24F3N3O2. The van der Waals surface area contributed by atoms with Crippen molar-refractivity contribution in [2.45, 2.75) is 44.2 Å². The molecule has 0 radical (unpaired) electrons. The number of nitrogens with zero attached hydrogens (tertiary/aromatic N) is 2. The minimum Gasteiger partial charge on any atom is -0.371 e. The van der Waals surface area contributed by atoms with Crippen LogP contribution in [0, 0.1) is 0 Å². The fourth-order valence-corrected chi connectivity index (χ4v) is 3.89. The second-order valence-corrected chi connectivity index (χ2v) is 7.75. The number of rotatable bonds is 5. The maximum absolute atomic E-state index is 13.0. The van der Waals surface area contributed by atoms with Gasteiger partial charge in [0.1, 0.15) is 6.67 Å². The van der Waals surface area contributed by atoms with E-state index in [9.17, 15) is 18.0 Å². The van der Waals surface area contributed by atoms with Crippen molar-refractivity contribution in [2.24, 2.45) is 0 Å². The fraction of sp³-hybridized carbons (Fsp3) is 0.348. The van der Waals surface area contributed by atoms with Crippen LogP contribution in [-0.4, -0.2) is 29.7 Å². The Bertz CT molecular complexity index is 933. The second-order valence-electron chi connectivity index (χ2n) is 7.75. The van der Waals surface area contributed by atoms with Crippen LogP contribution in [0.3, 0.4) is 0 Å². The Balaban J connectivity index is 1.32. The zero-order chi connectivity index (χ0) is 21.8. The van der Waals surface area contributed by atoms with Crippen molar-refractivity contribution in [1.82, 2.24) is 10.2 Å². The maximum atomic E-state index is 13.0. The number of urea groups is 1. The summed E-state index contributed by atoms with van der Waals surface area (Å²) in [6.07, 6.45) is 1.39. The Morgan fingerprint density at radius 3 is 2.65 bits per heavy atom. The lowest BCUT2D eigenvalue weighted by atomic mass is 10.2. The number of alkyl halides is 3. The van der Waals surface area contributed by atoms with Gasteiger partial charge in [0.2, 0.25) is 0 Å². The lowest BCUT2D eigenvalue weighted by molar-refractivity contribution is -0.137.